The fraction of sp³-hybridized carbons (Fsp3) is 0.512. The number of hydrogen-bond donors (Lipinski definition) is 1. The van der Waals surface area contributed by atoms with E-state index in [9.17, 15) is 9.90 Å². The minimum atomic E-state index is -0.236. The highest BCUT2D eigenvalue weighted by Crippen LogP contribution is 2.69. The number of benzene rings is 2. The summed E-state index contributed by atoms with van der Waals surface area (Å²) >= 11 is 0. The van der Waals surface area contributed by atoms with Gasteiger partial charge in [-0.1, -0.05) is 54.1 Å². The minimum Gasteiger partial charge on any atom is -0.516 e. The molecule has 8 nitrogen and oxygen atoms in total. The molecule has 0 aromatic heterocycles. The van der Waals surface area contributed by atoms with E-state index in [1.165, 1.54) is 23.0 Å². The molecule has 2 aromatic carbocycles. The molecule has 2 amide bonds. The Kier molecular flexibility index (Phi) is 4.74. The second kappa shape index (κ2) is 8.59. The van der Waals surface area contributed by atoms with Crippen molar-refractivity contribution in [1.29, 1.82) is 0 Å². The number of anilines is 2. The van der Waals surface area contributed by atoms with E-state index in [-0.39, 0.29) is 64.8 Å². The van der Waals surface area contributed by atoms with E-state index in [4.69, 9.17) is 4.74 Å². The van der Waals surface area contributed by atoms with Crippen molar-refractivity contribution in [2.75, 3.05) is 36.0 Å². The second-order valence-electron chi connectivity index (χ2n) is 17.1. The summed E-state index contributed by atoms with van der Waals surface area (Å²) in [6.45, 7) is 3.27. The molecule has 2 aromatic rings. The van der Waals surface area contributed by atoms with Gasteiger partial charge in [0.25, 0.3) is 5.91 Å². The van der Waals surface area contributed by atoms with Gasteiger partial charge in [0.05, 0.1) is 37.5 Å². The van der Waals surface area contributed by atoms with Gasteiger partial charge in [-0.05, 0) is 67.0 Å². The van der Waals surface area contributed by atoms with Crippen LogP contribution >= 0.6 is 0 Å². The van der Waals surface area contributed by atoms with Crippen LogP contribution < -0.4 is 9.80 Å². The number of fused-ring (bicyclic) bond motifs is 4. The molecule has 2 spiro atoms. The van der Waals surface area contributed by atoms with Gasteiger partial charge in [-0.25, -0.2) is 0 Å². The highest BCUT2D eigenvalue weighted by atomic mass is 16.5. The van der Waals surface area contributed by atoms with Crippen molar-refractivity contribution < 1.29 is 19.4 Å². The Bertz CT molecular complexity index is 2040. The van der Waals surface area contributed by atoms with Crippen molar-refractivity contribution in [3.05, 3.63) is 94.8 Å². The van der Waals surface area contributed by atoms with Crippen LogP contribution in [0, 0.1) is 23.7 Å². The third-order valence-corrected chi connectivity index (χ3v) is 16.0. The number of nitrogens with zero attached hydrogens (tertiary/aromatic N) is 4. The third-order valence-electron chi connectivity index (χ3n) is 16.0. The minimum absolute atomic E-state index is 0.0247. The Morgan fingerprint density at radius 1 is 0.878 bits per heavy atom. The van der Waals surface area contributed by atoms with Crippen molar-refractivity contribution in [2.45, 2.75) is 79.2 Å². The standard InChI is InChI=1S/C41H40N4O4/c46-20-23-18-42-11-10-40-27-5-1-4-8-30(27)45-36(40)22(13-25(23)37(40)42)14-26(39(45)48)31-17-41-28-6-2-3-7-29(28)44-34(47)16-32-35(38(41)44)24-15-33(41)43(31)19-21(24)9-12-49-32/h1-9,14,20,22,24-25,31-33,35-38,46H,10-13,15-19H2/b23-20+/t22-,24+,25+,31-,32+,33-,35+,36-,37-,38+,40-,41+/m1/s1. The van der Waals surface area contributed by atoms with Crippen molar-refractivity contribution in [2.24, 2.45) is 23.7 Å². The number of piperidine rings is 2. The number of rotatable bonds is 1. The molecule has 9 heterocycles. The van der Waals surface area contributed by atoms with Crippen LogP contribution in [-0.2, 0) is 25.2 Å². The summed E-state index contributed by atoms with van der Waals surface area (Å²) in [5.41, 5.74) is 8.08. The lowest BCUT2D eigenvalue weighted by Crippen LogP contribution is -2.69. The Morgan fingerprint density at radius 2 is 1.67 bits per heavy atom. The summed E-state index contributed by atoms with van der Waals surface area (Å²) in [7, 11) is 0. The van der Waals surface area contributed by atoms with Crippen LogP contribution in [0.3, 0.4) is 0 Å². The Labute approximate surface area is 285 Å². The molecule has 1 N–H and O–H groups in total. The van der Waals surface area contributed by atoms with Gasteiger partial charge in [-0.15, -0.1) is 0 Å². The molecule has 248 valence electrons. The van der Waals surface area contributed by atoms with Crippen LogP contribution in [0.25, 0.3) is 0 Å². The molecule has 2 saturated carbocycles. The molecule has 8 heteroatoms. The monoisotopic (exact) mass is 652 g/mol. The third kappa shape index (κ3) is 2.76. The maximum absolute atomic E-state index is 15.4. The van der Waals surface area contributed by atoms with Crippen LogP contribution in [0.15, 0.2) is 83.7 Å². The molecule has 7 fully saturated rings. The van der Waals surface area contributed by atoms with Gasteiger partial charge in [0.1, 0.15) is 0 Å². The Morgan fingerprint density at radius 3 is 2.51 bits per heavy atom. The van der Waals surface area contributed by atoms with Gasteiger partial charge < -0.3 is 19.6 Å². The zero-order valence-corrected chi connectivity index (χ0v) is 27.4. The summed E-state index contributed by atoms with van der Waals surface area (Å²) < 4.78 is 6.51. The highest BCUT2D eigenvalue weighted by molar-refractivity contribution is 6.10. The molecule has 2 bridgehead atoms. The Balaban J connectivity index is 1.01. The normalized spacial score (nSPS) is 46.7. The van der Waals surface area contributed by atoms with E-state index in [2.05, 4.69) is 80.3 Å². The molecule has 11 aliphatic rings. The maximum Gasteiger partial charge on any atom is 0.255 e. The van der Waals surface area contributed by atoms with Crippen molar-refractivity contribution in [3.8, 4) is 0 Å². The summed E-state index contributed by atoms with van der Waals surface area (Å²) in [6.07, 6.45) is 10.5. The topological polar surface area (TPSA) is 76.6 Å². The largest absolute Gasteiger partial charge is 0.516 e. The molecular formula is C41H40N4O4. The van der Waals surface area contributed by atoms with Gasteiger partial charge in [0.15, 0.2) is 0 Å². The predicted molar refractivity (Wildman–Crippen MR) is 182 cm³/mol. The number of para-hydroxylation sites is 2. The maximum atomic E-state index is 15.4. The molecule has 13 rings (SSSR count). The zero-order chi connectivity index (χ0) is 32.1. The highest BCUT2D eigenvalue weighted by Gasteiger charge is 2.75. The molecule has 2 aliphatic carbocycles. The van der Waals surface area contributed by atoms with Crippen LogP contribution in [0.1, 0.15) is 43.2 Å². The first kappa shape index (κ1) is 27.1. The van der Waals surface area contributed by atoms with E-state index < -0.39 is 0 Å². The quantitative estimate of drug-likeness (QED) is 0.368. The van der Waals surface area contributed by atoms with Gasteiger partial charge in [0.2, 0.25) is 5.91 Å². The van der Waals surface area contributed by atoms with Crippen molar-refractivity contribution in [1.82, 2.24) is 9.80 Å². The van der Waals surface area contributed by atoms with Gasteiger partial charge in [-0.3, -0.25) is 19.4 Å². The van der Waals surface area contributed by atoms with Crippen molar-refractivity contribution in [3.63, 3.8) is 0 Å². The van der Waals surface area contributed by atoms with E-state index in [0.717, 1.165) is 67.8 Å². The number of amides is 2. The average Bonchev–Trinajstić information content (AvgIpc) is 3.89. The van der Waals surface area contributed by atoms with Crippen LogP contribution in [0.2, 0.25) is 0 Å². The van der Waals surface area contributed by atoms with Crippen LogP contribution in [0.5, 0.6) is 0 Å². The lowest BCUT2D eigenvalue weighted by molar-refractivity contribution is -0.132. The van der Waals surface area contributed by atoms with E-state index in [0.29, 0.717) is 30.9 Å². The summed E-state index contributed by atoms with van der Waals surface area (Å²) in [5, 5.41) is 10.5. The summed E-state index contributed by atoms with van der Waals surface area (Å²) in [5.74, 6) is 1.58. The molecule has 0 unspecified atom stereocenters. The summed E-state index contributed by atoms with van der Waals surface area (Å²) in [6, 6.07) is 18.2. The molecule has 5 saturated heterocycles. The zero-order valence-electron chi connectivity index (χ0n) is 27.4. The lowest BCUT2D eigenvalue weighted by Gasteiger charge is -2.58. The first-order valence-corrected chi connectivity index (χ1v) is 18.7. The van der Waals surface area contributed by atoms with Crippen LogP contribution in [-0.4, -0.2) is 89.3 Å². The van der Waals surface area contributed by atoms with Crippen LogP contribution in [0.4, 0.5) is 11.4 Å². The lowest BCUT2D eigenvalue weighted by atomic mass is 9.53. The molecule has 0 radical (unpaired) electrons. The molecule has 49 heavy (non-hydrogen) atoms. The number of carbonyl (C=O) groups excluding carboxylic acids is 2. The molecule has 12 atom stereocenters. The fourth-order valence-corrected chi connectivity index (χ4v) is 14.9. The number of ether oxygens (including phenoxy) is 1. The van der Waals surface area contributed by atoms with E-state index in [1.54, 1.807) is 0 Å². The van der Waals surface area contributed by atoms with Gasteiger partial charge in [-0.2, -0.15) is 0 Å². The Hall–Kier alpha value is -3.72. The molecular weight excluding hydrogens is 612 g/mol. The SMILES string of the molecule is O=C1C[C@@H]2OCC=C3CN4[C@@H](C5=C[C@H]6C[C@H]7/C(=C/O)CN8CC[C@]9(c%10ccccc%10N(C5=O)[C@H]69)[C@@H]78)C[C@@]56c7ccccc7N1[C@H]5[C@H]2[C@H]3C[C@@H]46. The average molecular weight is 653 g/mol. The first-order chi connectivity index (χ1) is 24.0. The van der Waals surface area contributed by atoms with E-state index >= 15 is 4.79 Å². The van der Waals surface area contributed by atoms with Gasteiger partial charge >= 0.3 is 0 Å². The smallest absolute Gasteiger partial charge is 0.255 e. The van der Waals surface area contributed by atoms with Gasteiger partial charge in [0, 0.05) is 76.7 Å². The number of hydrogen-bond acceptors (Lipinski definition) is 6. The van der Waals surface area contributed by atoms with Crippen molar-refractivity contribution >= 4 is 23.2 Å². The predicted octanol–water partition coefficient (Wildman–Crippen LogP) is 4.22. The number of aliphatic hydroxyl groups excluding tert-OH is 1. The number of carbonyl (C=O) groups is 2. The second-order valence-corrected chi connectivity index (χ2v) is 17.1. The first-order valence-electron chi connectivity index (χ1n) is 18.7. The molecule has 9 aliphatic heterocycles. The summed E-state index contributed by atoms with van der Waals surface area (Å²) in [4.78, 5) is 39.2. The van der Waals surface area contributed by atoms with E-state index in [1.807, 2.05) is 0 Å². The fourth-order valence-electron chi connectivity index (χ4n) is 14.9. The number of aliphatic hydroxyl groups is 1.